The molecule has 1 aromatic carbocycles. The highest BCUT2D eigenvalue weighted by Gasteiger charge is 2.08. The van der Waals surface area contributed by atoms with Crippen molar-refractivity contribution in [2.24, 2.45) is 0 Å². The van der Waals surface area contributed by atoms with Crippen molar-refractivity contribution in [1.82, 2.24) is 24.3 Å². The molecule has 6 nitrogen and oxygen atoms in total. The summed E-state index contributed by atoms with van der Waals surface area (Å²) in [6.45, 7) is 3.09. The Morgan fingerprint density at radius 2 is 2.15 bits per heavy atom. The summed E-state index contributed by atoms with van der Waals surface area (Å²) in [5.41, 5.74) is 0.655. The second-order valence-electron chi connectivity index (χ2n) is 4.33. The molecular weight excluding hydrogens is 369 g/mol. The lowest BCUT2D eigenvalue weighted by Crippen LogP contribution is -2.23. The van der Waals surface area contributed by atoms with E-state index in [2.05, 4.69) is 37.7 Å². The Morgan fingerprint density at radius 1 is 1.30 bits per heavy atom. The molecule has 0 unspecified atom stereocenters. The molecule has 0 aliphatic heterocycles. The predicted octanol–water partition coefficient (Wildman–Crippen LogP) is 1.66. The molecule has 0 aliphatic rings. The monoisotopic (exact) mass is 381 g/mol. The van der Waals surface area contributed by atoms with Crippen LogP contribution in [0, 0.1) is 3.57 Å². The summed E-state index contributed by atoms with van der Waals surface area (Å²) >= 11 is 2.19. The van der Waals surface area contributed by atoms with Gasteiger partial charge >= 0.3 is 0 Å². The van der Waals surface area contributed by atoms with Crippen LogP contribution in [0.25, 0.3) is 10.9 Å². The summed E-state index contributed by atoms with van der Waals surface area (Å²) in [4.78, 5) is 21.0. The average molecular weight is 381 g/mol. The molecule has 2 aromatic heterocycles. The van der Waals surface area contributed by atoms with Crippen molar-refractivity contribution in [1.29, 1.82) is 0 Å². The minimum atomic E-state index is -0.0563. The highest BCUT2D eigenvalue weighted by Crippen LogP contribution is 2.11. The van der Waals surface area contributed by atoms with E-state index in [1.807, 2.05) is 25.1 Å². The second-order valence-corrected chi connectivity index (χ2v) is 5.58. The van der Waals surface area contributed by atoms with Crippen molar-refractivity contribution >= 4 is 33.5 Å². The van der Waals surface area contributed by atoms with E-state index in [1.54, 1.807) is 15.6 Å². The van der Waals surface area contributed by atoms with Gasteiger partial charge in [0, 0.05) is 10.1 Å². The largest absolute Gasteiger partial charge is 0.291 e. The van der Waals surface area contributed by atoms with Gasteiger partial charge in [0.25, 0.3) is 5.56 Å². The van der Waals surface area contributed by atoms with E-state index < -0.39 is 0 Å². The molecule has 0 radical (unpaired) electrons. The van der Waals surface area contributed by atoms with E-state index in [0.717, 1.165) is 15.9 Å². The lowest BCUT2D eigenvalue weighted by atomic mass is 10.2. The van der Waals surface area contributed by atoms with Gasteiger partial charge in [0.2, 0.25) is 0 Å². The number of hydrogen-bond acceptors (Lipinski definition) is 4. The molecule has 2 heterocycles. The second kappa shape index (κ2) is 5.31. The number of benzene rings is 1. The summed E-state index contributed by atoms with van der Waals surface area (Å²) in [5.74, 6) is 0.751. The van der Waals surface area contributed by atoms with Crippen LogP contribution >= 0.6 is 22.6 Å². The van der Waals surface area contributed by atoms with Crippen LogP contribution in [-0.4, -0.2) is 24.3 Å². The molecule has 20 heavy (non-hydrogen) atoms. The molecular formula is C13H12IN5O. The minimum Gasteiger partial charge on any atom is -0.291 e. The first-order valence-corrected chi connectivity index (χ1v) is 7.28. The normalized spacial score (nSPS) is 11.1. The summed E-state index contributed by atoms with van der Waals surface area (Å²) in [6.07, 6.45) is 3.06. The Kier molecular flexibility index (Phi) is 3.51. The van der Waals surface area contributed by atoms with Crippen LogP contribution < -0.4 is 5.56 Å². The van der Waals surface area contributed by atoms with Crippen molar-refractivity contribution in [3.63, 3.8) is 0 Å². The van der Waals surface area contributed by atoms with Crippen molar-refractivity contribution < 1.29 is 0 Å². The third-order valence-corrected chi connectivity index (χ3v) is 3.76. The standard InChI is InChI=1S/C13H12IN5O/c1-2-19-12(15-7-17-19)6-18-8-16-11-4-3-9(14)5-10(11)13(18)20/h3-5,7-8H,2,6H2,1H3. The predicted molar refractivity (Wildman–Crippen MR) is 83.5 cm³/mol. The zero-order valence-corrected chi connectivity index (χ0v) is 13.0. The van der Waals surface area contributed by atoms with Crippen molar-refractivity contribution in [3.8, 4) is 0 Å². The number of aryl methyl sites for hydroxylation is 1. The van der Waals surface area contributed by atoms with Gasteiger partial charge < -0.3 is 0 Å². The zero-order valence-electron chi connectivity index (χ0n) is 10.8. The quantitative estimate of drug-likeness (QED) is 0.648. The third-order valence-electron chi connectivity index (χ3n) is 3.09. The third kappa shape index (κ3) is 2.33. The number of halogens is 1. The number of rotatable bonds is 3. The van der Waals surface area contributed by atoms with Gasteiger partial charge in [-0.05, 0) is 47.7 Å². The maximum Gasteiger partial charge on any atom is 0.261 e. The Bertz CT molecular complexity index is 823. The van der Waals surface area contributed by atoms with Crippen LogP contribution in [0.1, 0.15) is 12.7 Å². The molecule has 3 aromatic rings. The molecule has 0 fully saturated rings. The zero-order chi connectivity index (χ0) is 14.1. The van der Waals surface area contributed by atoms with E-state index in [-0.39, 0.29) is 5.56 Å². The smallest absolute Gasteiger partial charge is 0.261 e. The molecule has 0 N–H and O–H groups in total. The molecule has 102 valence electrons. The van der Waals surface area contributed by atoms with Crippen molar-refractivity contribution in [2.75, 3.05) is 0 Å². The Hall–Kier alpha value is -1.77. The van der Waals surface area contributed by atoms with E-state index in [0.29, 0.717) is 17.4 Å². The van der Waals surface area contributed by atoms with Gasteiger partial charge in [-0.15, -0.1) is 0 Å². The van der Waals surface area contributed by atoms with E-state index in [1.165, 1.54) is 6.33 Å². The molecule has 0 saturated carbocycles. The molecule has 0 spiro atoms. The number of fused-ring (bicyclic) bond motifs is 1. The molecule has 0 atom stereocenters. The topological polar surface area (TPSA) is 65.6 Å². The average Bonchev–Trinajstić information content (AvgIpc) is 2.90. The van der Waals surface area contributed by atoms with Gasteiger partial charge in [-0.1, -0.05) is 0 Å². The van der Waals surface area contributed by atoms with Gasteiger partial charge in [0.1, 0.15) is 12.2 Å². The van der Waals surface area contributed by atoms with Gasteiger partial charge in [-0.2, -0.15) is 5.10 Å². The van der Waals surface area contributed by atoms with Gasteiger partial charge in [0.05, 0.1) is 23.8 Å². The number of aromatic nitrogens is 5. The van der Waals surface area contributed by atoms with Crippen LogP contribution in [-0.2, 0) is 13.1 Å². The fraction of sp³-hybridized carbons (Fsp3) is 0.231. The van der Waals surface area contributed by atoms with Crippen LogP contribution in [0.3, 0.4) is 0 Å². The first-order valence-electron chi connectivity index (χ1n) is 6.20. The maximum absolute atomic E-state index is 12.5. The maximum atomic E-state index is 12.5. The SMILES string of the molecule is CCn1ncnc1Cn1cnc2ccc(I)cc2c1=O. The summed E-state index contributed by atoms with van der Waals surface area (Å²) < 4.78 is 4.35. The van der Waals surface area contributed by atoms with Crippen LogP contribution in [0.2, 0.25) is 0 Å². The Balaban J connectivity index is 2.09. The fourth-order valence-corrected chi connectivity index (χ4v) is 2.56. The van der Waals surface area contributed by atoms with Crippen LogP contribution in [0.5, 0.6) is 0 Å². The van der Waals surface area contributed by atoms with E-state index >= 15 is 0 Å². The number of hydrogen-bond donors (Lipinski definition) is 0. The summed E-state index contributed by atoms with van der Waals surface area (Å²) in [6, 6.07) is 5.65. The fourth-order valence-electron chi connectivity index (χ4n) is 2.07. The van der Waals surface area contributed by atoms with Crippen molar-refractivity contribution in [2.45, 2.75) is 20.0 Å². The lowest BCUT2D eigenvalue weighted by molar-refractivity contribution is 0.584. The molecule has 7 heteroatoms. The first-order chi connectivity index (χ1) is 9.69. The minimum absolute atomic E-state index is 0.0563. The molecule has 0 saturated heterocycles. The summed E-state index contributed by atoms with van der Waals surface area (Å²) in [7, 11) is 0. The highest BCUT2D eigenvalue weighted by atomic mass is 127. The van der Waals surface area contributed by atoms with Crippen molar-refractivity contribution in [3.05, 3.63) is 50.6 Å². The van der Waals surface area contributed by atoms with E-state index in [9.17, 15) is 4.79 Å². The number of nitrogens with zero attached hydrogens (tertiary/aromatic N) is 5. The Labute approximate surface area is 128 Å². The lowest BCUT2D eigenvalue weighted by Gasteiger charge is -2.07. The Morgan fingerprint density at radius 3 is 2.95 bits per heavy atom. The molecule has 0 aliphatic carbocycles. The van der Waals surface area contributed by atoms with Crippen LogP contribution in [0.15, 0.2) is 35.6 Å². The summed E-state index contributed by atoms with van der Waals surface area (Å²) in [5, 5.41) is 4.73. The molecule has 0 bridgehead atoms. The molecule has 0 amide bonds. The van der Waals surface area contributed by atoms with Crippen LogP contribution in [0.4, 0.5) is 0 Å². The van der Waals surface area contributed by atoms with Gasteiger partial charge in [-0.3, -0.25) is 9.36 Å². The highest BCUT2D eigenvalue weighted by molar-refractivity contribution is 14.1. The molecule has 3 rings (SSSR count). The van der Waals surface area contributed by atoms with E-state index in [4.69, 9.17) is 0 Å². The van der Waals surface area contributed by atoms with Gasteiger partial charge in [0.15, 0.2) is 0 Å². The van der Waals surface area contributed by atoms with Gasteiger partial charge in [-0.25, -0.2) is 14.6 Å². The first kappa shape index (κ1) is 13.2.